The lowest BCUT2D eigenvalue weighted by Gasteiger charge is -2.21. The van der Waals surface area contributed by atoms with E-state index in [4.69, 9.17) is 5.73 Å². The number of nitrogens with zero attached hydrogens (tertiary/aromatic N) is 2. The highest BCUT2D eigenvalue weighted by Crippen LogP contribution is 2.16. The average molecular weight is 192 g/mol. The molecule has 0 saturated carbocycles. The monoisotopic (exact) mass is 192 g/mol. The first-order valence-corrected chi connectivity index (χ1v) is 5.13. The average Bonchev–Trinajstić information content (AvgIpc) is 2.23. The summed E-state index contributed by atoms with van der Waals surface area (Å²) in [7, 11) is 0. The predicted octanol–water partition coefficient (Wildman–Crippen LogP) is 0.601. The van der Waals surface area contributed by atoms with Crippen LogP contribution in [0.15, 0.2) is 12.1 Å². The lowest BCUT2D eigenvalue weighted by Crippen LogP contribution is -2.28. The van der Waals surface area contributed by atoms with E-state index in [9.17, 15) is 0 Å². The third-order valence-corrected chi connectivity index (χ3v) is 2.70. The molecule has 1 aliphatic rings. The Morgan fingerprint density at radius 1 is 1.29 bits per heavy atom. The lowest BCUT2D eigenvalue weighted by atomic mass is 9.93. The second-order valence-corrected chi connectivity index (χ2v) is 3.85. The van der Waals surface area contributed by atoms with Crippen molar-refractivity contribution in [2.45, 2.75) is 19.3 Å². The maximum atomic E-state index is 5.48. The number of rotatable bonds is 2. The number of nitrogen functional groups attached to an aromatic ring is 1. The number of piperidine rings is 1. The van der Waals surface area contributed by atoms with E-state index >= 15 is 0 Å². The van der Waals surface area contributed by atoms with Crippen molar-refractivity contribution in [3.05, 3.63) is 17.8 Å². The fraction of sp³-hybridized carbons (Fsp3) is 0.600. The summed E-state index contributed by atoms with van der Waals surface area (Å²) >= 11 is 0. The minimum absolute atomic E-state index is 0.499. The van der Waals surface area contributed by atoms with Crippen LogP contribution in [0.5, 0.6) is 0 Å². The number of hydrogen-bond donors (Lipinski definition) is 2. The minimum Gasteiger partial charge on any atom is -0.382 e. The van der Waals surface area contributed by atoms with Crippen LogP contribution in [0.1, 0.15) is 18.5 Å². The summed E-state index contributed by atoms with van der Waals surface area (Å²) in [5, 5.41) is 11.3. The van der Waals surface area contributed by atoms with Crippen molar-refractivity contribution in [2.24, 2.45) is 5.92 Å². The molecule has 0 aromatic carbocycles. The zero-order valence-corrected chi connectivity index (χ0v) is 8.24. The summed E-state index contributed by atoms with van der Waals surface area (Å²) in [6.45, 7) is 2.26. The smallest absolute Gasteiger partial charge is 0.146 e. The SMILES string of the molecule is Nc1ccc(CC2CCNCC2)nn1. The number of nitrogens with two attached hydrogens (primary N) is 1. The third kappa shape index (κ3) is 2.42. The van der Waals surface area contributed by atoms with Gasteiger partial charge in [0.1, 0.15) is 5.82 Å². The maximum Gasteiger partial charge on any atom is 0.146 e. The van der Waals surface area contributed by atoms with Crippen molar-refractivity contribution in [2.75, 3.05) is 18.8 Å². The molecule has 1 fully saturated rings. The molecule has 1 aromatic rings. The Morgan fingerprint density at radius 2 is 2.07 bits per heavy atom. The van der Waals surface area contributed by atoms with Crippen LogP contribution in [-0.2, 0) is 6.42 Å². The van der Waals surface area contributed by atoms with Gasteiger partial charge in [0.05, 0.1) is 5.69 Å². The van der Waals surface area contributed by atoms with Crippen LogP contribution in [-0.4, -0.2) is 23.3 Å². The molecular formula is C10H16N4. The molecule has 1 aliphatic heterocycles. The first-order valence-electron chi connectivity index (χ1n) is 5.13. The maximum absolute atomic E-state index is 5.48. The molecule has 3 N–H and O–H groups in total. The van der Waals surface area contributed by atoms with Crippen molar-refractivity contribution < 1.29 is 0 Å². The number of hydrogen-bond acceptors (Lipinski definition) is 4. The molecule has 0 aliphatic carbocycles. The highest BCUT2D eigenvalue weighted by atomic mass is 15.1. The number of anilines is 1. The van der Waals surface area contributed by atoms with Crippen LogP contribution in [0.25, 0.3) is 0 Å². The lowest BCUT2D eigenvalue weighted by molar-refractivity contribution is 0.369. The van der Waals surface area contributed by atoms with Gasteiger partial charge in [-0.25, -0.2) is 0 Å². The topological polar surface area (TPSA) is 63.8 Å². The zero-order chi connectivity index (χ0) is 9.80. The molecule has 0 spiro atoms. The zero-order valence-electron chi connectivity index (χ0n) is 8.24. The van der Waals surface area contributed by atoms with Crippen molar-refractivity contribution in [1.29, 1.82) is 0 Å². The largest absolute Gasteiger partial charge is 0.382 e. The van der Waals surface area contributed by atoms with E-state index in [-0.39, 0.29) is 0 Å². The molecule has 0 unspecified atom stereocenters. The highest BCUT2D eigenvalue weighted by Gasteiger charge is 2.13. The first-order chi connectivity index (χ1) is 6.84. The van der Waals surface area contributed by atoms with E-state index in [0.29, 0.717) is 5.82 Å². The fourth-order valence-corrected chi connectivity index (χ4v) is 1.86. The van der Waals surface area contributed by atoms with Crippen molar-refractivity contribution >= 4 is 5.82 Å². The van der Waals surface area contributed by atoms with E-state index < -0.39 is 0 Å². The second-order valence-electron chi connectivity index (χ2n) is 3.85. The van der Waals surface area contributed by atoms with E-state index in [0.717, 1.165) is 31.1 Å². The Hall–Kier alpha value is -1.16. The number of aromatic nitrogens is 2. The molecule has 0 amide bonds. The minimum atomic E-state index is 0.499. The summed E-state index contributed by atoms with van der Waals surface area (Å²) < 4.78 is 0. The van der Waals surface area contributed by atoms with Crippen LogP contribution in [0, 0.1) is 5.92 Å². The molecule has 2 rings (SSSR count). The standard InChI is InChI=1S/C10H16N4/c11-10-2-1-9(13-14-10)7-8-3-5-12-6-4-8/h1-2,8,12H,3-7H2,(H2,11,14). The van der Waals surface area contributed by atoms with Crippen molar-refractivity contribution in [3.8, 4) is 0 Å². The molecule has 0 atom stereocenters. The molecule has 4 nitrogen and oxygen atoms in total. The van der Waals surface area contributed by atoms with E-state index in [1.54, 1.807) is 0 Å². The van der Waals surface area contributed by atoms with Crippen LogP contribution in [0.2, 0.25) is 0 Å². The Kier molecular flexibility index (Phi) is 2.93. The van der Waals surface area contributed by atoms with Crippen molar-refractivity contribution in [1.82, 2.24) is 15.5 Å². The summed E-state index contributed by atoms with van der Waals surface area (Å²) in [5.41, 5.74) is 6.54. The third-order valence-electron chi connectivity index (χ3n) is 2.70. The highest BCUT2D eigenvalue weighted by molar-refractivity contribution is 5.25. The van der Waals surface area contributed by atoms with Gasteiger partial charge in [0.25, 0.3) is 0 Å². The second kappa shape index (κ2) is 4.37. The Bertz CT molecular complexity index is 277. The quantitative estimate of drug-likeness (QED) is 0.720. The van der Waals surface area contributed by atoms with Gasteiger partial charge in [0, 0.05) is 0 Å². The van der Waals surface area contributed by atoms with Gasteiger partial charge < -0.3 is 11.1 Å². The van der Waals surface area contributed by atoms with Crippen LogP contribution < -0.4 is 11.1 Å². The van der Waals surface area contributed by atoms with Gasteiger partial charge in [-0.05, 0) is 50.4 Å². The Labute approximate surface area is 83.9 Å². The van der Waals surface area contributed by atoms with Gasteiger partial charge in [0.15, 0.2) is 0 Å². The summed E-state index contributed by atoms with van der Waals surface area (Å²) in [6, 6.07) is 3.80. The van der Waals surface area contributed by atoms with Crippen LogP contribution in [0.3, 0.4) is 0 Å². The van der Waals surface area contributed by atoms with Gasteiger partial charge in [0.2, 0.25) is 0 Å². The van der Waals surface area contributed by atoms with Gasteiger partial charge in [-0.3, -0.25) is 0 Å². The normalized spacial score (nSPS) is 18.3. The molecule has 14 heavy (non-hydrogen) atoms. The summed E-state index contributed by atoms with van der Waals surface area (Å²) in [4.78, 5) is 0. The number of nitrogens with one attached hydrogen (secondary N) is 1. The van der Waals surface area contributed by atoms with Crippen molar-refractivity contribution in [3.63, 3.8) is 0 Å². The predicted molar refractivity (Wildman–Crippen MR) is 55.7 cm³/mol. The Balaban J connectivity index is 1.92. The molecule has 0 radical (unpaired) electrons. The van der Waals surface area contributed by atoms with Gasteiger partial charge in [-0.1, -0.05) is 0 Å². The molecule has 4 heteroatoms. The van der Waals surface area contributed by atoms with E-state index in [2.05, 4.69) is 15.5 Å². The summed E-state index contributed by atoms with van der Waals surface area (Å²) in [6.07, 6.45) is 3.52. The molecule has 1 aromatic heterocycles. The Morgan fingerprint density at radius 3 is 2.71 bits per heavy atom. The fourth-order valence-electron chi connectivity index (χ4n) is 1.86. The van der Waals surface area contributed by atoms with Gasteiger partial charge in [-0.15, -0.1) is 5.10 Å². The molecular weight excluding hydrogens is 176 g/mol. The summed E-state index contributed by atoms with van der Waals surface area (Å²) in [5.74, 6) is 1.26. The van der Waals surface area contributed by atoms with Gasteiger partial charge in [-0.2, -0.15) is 5.10 Å². The molecule has 76 valence electrons. The molecule has 0 bridgehead atoms. The van der Waals surface area contributed by atoms with E-state index in [1.165, 1.54) is 12.8 Å². The van der Waals surface area contributed by atoms with Crippen LogP contribution >= 0.6 is 0 Å². The molecule has 1 saturated heterocycles. The van der Waals surface area contributed by atoms with E-state index in [1.807, 2.05) is 12.1 Å². The molecule has 2 heterocycles. The van der Waals surface area contributed by atoms with Crippen LogP contribution in [0.4, 0.5) is 5.82 Å². The first kappa shape index (κ1) is 9.40. The van der Waals surface area contributed by atoms with Gasteiger partial charge >= 0.3 is 0 Å².